The number of ether oxygens (including phenoxy) is 2. The van der Waals surface area contributed by atoms with Crippen LogP contribution in [0.25, 0.3) is 0 Å². The lowest BCUT2D eigenvalue weighted by atomic mass is 10.1. The summed E-state index contributed by atoms with van der Waals surface area (Å²) in [5.74, 6) is 2.29. The van der Waals surface area contributed by atoms with Gasteiger partial charge in [0.1, 0.15) is 11.9 Å². The van der Waals surface area contributed by atoms with Crippen LogP contribution in [-0.2, 0) is 11.3 Å². The Morgan fingerprint density at radius 1 is 1.32 bits per heavy atom. The molecule has 0 bridgehead atoms. The molecular formula is C19H27N3O3. The second kappa shape index (κ2) is 8.45. The highest BCUT2D eigenvalue weighted by Gasteiger charge is 2.23. The number of hydrogen-bond acceptors (Lipinski definition) is 6. The number of hydrogen-bond donors (Lipinski definition) is 0. The van der Waals surface area contributed by atoms with Crippen LogP contribution in [0.3, 0.4) is 0 Å². The van der Waals surface area contributed by atoms with Crippen molar-refractivity contribution in [3.63, 3.8) is 0 Å². The molecule has 6 heteroatoms. The second-order valence-corrected chi connectivity index (χ2v) is 6.76. The van der Waals surface area contributed by atoms with E-state index < -0.39 is 0 Å². The number of rotatable bonds is 8. The van der Waals surface area contributed by atoms with Gasteiger partial charge in [-0.25, -0.2) is 0 Å². The third-order valence-electron chi connectivity index (χ3n) is 4.37. The molecule has 1 aliphatic heterocycles. The molecule has 1 atom stereocenters. The monoisotopic (exact) mass is 345 g/mol. The van der Waals surface area contributed by atoms with Gasteiger partial charge in [-0.2, -0.15) is 4.98 Å². The molecule has 1 aromatic carbocycles. The first kappa shape index (κ1) is 17.9. The molecule has 0 amide bonds. The zero-order chi connectivity index (χ0) is 17.6. The van der Waals surface area contributed by atoms with Gasteiger partial charge in [-0.15, -0.1) is 0 Å². The molecule has 25 heavy (non-hydrogen) atoms. The molecule has 1 fully saturated rings. The Bertz CT molecular complexity index is 680. The van der Waals surface area contributed by atoms with Crippen molar-refractivity contribution in [2.24, 2.45) is 0 Å². The molecule has 1 aliphatic rings. The summed E-state index contributed by atoms with van der Waals surface area (Å²) in [4.78, 5) is 6.63. The van der Waals surface area contributed by atoms with E-state index in [1.165, 1.54) is 11.1 Å². The van der Waals surface area contributed by atoms with Crippen molar-refractivity contribution in [1.82, 2.24) is 15.0 Å². The first-order valence-corrected chi connectivity index (χ1v) is 8.94. The van der Waals surface area contributed by atoms with E-state index in [2.05, 4.69) is 48.1 Å². The largest absolute Gasteiger partial charge is 0.493 e. The van der Waals surface area contributed by atoms with Gasteiger partial charge in [0.05, 0.1) is 13.2 Å². The van der Waals surface area contributed by atoms with E-state index in [9.17, 15) is 0 Å². The van der Waals surface area contributed by atoms with E-state index >= 15 is 0 Å². The van der Waals surface area contributed by atoms with Crippen LogP contribution in [0.1, 0.15) is 48.2 Å². The molecule has 0 radical (unpaired) electrons. The van der Waals surface area contributed by atoms with Crippen LogP contribution < -0.4 is 4.74 Å². The van der Waals surface area contributed by atoms with Crippen LogP contribution >= 0.6 is 0 Å². The Balaban J connectivity index is 1.38. The van der Waals surface area contributed by atoms with Gasteiger partial charge in [-0.3, -0.25) is 4.90 Å². The van der Waals surface area contributed by atoms with E-state index in [1.54, 1.807) is 0 Å². The minimum Gasteiger partial charge on any atom is -0.493 e. The maximum atomic E-state index is 5.87. The van der Waals surface area contributed by atoms with Gasteiger partial charge in [0, 0.05) is 13.2 Å². The molecule has 0 N–H and O–H groups in total. The fourth-order valence-electron chi connectivity index (χ4n) is 3.03. The van der Waals surface area contributed by atoms with Gasteiger partial charge >= 0.3 is 0 Å². The lowest BCUT2D eigenvalue weighted by Gasteiger charge is -2.15. The minimum absolute atomic E-state index is 0.0160. The van der Waals surface area contributed by atoms with Crippen molar-refractivity contribution in [1.29, 1.82) is 0 Å². The van der Waals surface area contributed by atoms with Crippen LogP contribution in [0.15, 0.2) is 22.7 Å². The van der Waals surface area contributed by atoms with Gasteiger partial charge in [-0.05, 0) is 51.8 Å². The summed E-state index contributed by atoms with van der Waals surface area (Å²) in [5, 5.41) is 4.06. The zero-order valence-electron chi connectivity index (χ0n) is 15.3. The highest BCUT2D eigenvalue weighted by atomic mass is 16.5. The Hall–Kier alpha value is -1.92. The topological polar surface area (TPSA) is 60.6 Å². The quantitative estimate of drug-likeness (QED) is 0.683. The van der Waals surface area contributed by atoms with Gasteiger partial charge in [0.25, 0.3) is 5.89 Å². The van der Waals surface area contributed by atoms with Gasteiger partial charge in [0.2, 0.25) is 0 Å². The number of nitrogens with zero attached hydrogens (tertiary/aromatic N) is 3. The molecule has 0 aliphatic carbocycles. The summed E-state index contributed by atoms with van der Waals surface area (Å²) in [7, 11) is 2.05. The summed E-state index contributed by atoms with van der Waals surface area (Å²) in [6.45, 7) is 7.23. The number of benzene rings is 1. The molecule has 3 rings (SSSR count). The van der Waals surface area contributed by atoms with E-state index in [0.29, 0.717) is 24.9 Å². The summed E-state index contributed by atoms with van der Waals surface area (Å²) >= 11 is 0. The fraction of sp³-hybridized carbons (Fsp3) is 0.579. The Morgan fingerprint density at radius 2 is 2.20 bits per heavy atom. The van der Waals surface area contributed by atoms with E-state index in [-0.39, 0.29) is 6.10 Å². The Morgan fingerprint density at radius 3 is 2.96 bits per heavy atom. The number of aromatic nitrogens is 2. The summed E-state index contributed by atoms with van der Waals surface area (Å²) in [6, 6.07) is 6.26. The molecule has 1 aromatic heterocycles. The average Bonchev–Trinajstić information content (AvgIpc) is 3.24. The molecule has 136 valence electrons. The van der Waals surface area contributed by atoms with Crippen molar-refractivity contribution in [2.75, 3.05) is 26.8 Å². The van der Waals surface area contributed by atoms with E-state index in [4.69, 9.17) is 14.0 Å². The van der Waals surface area contributed by atoms with Crippen LogP contribution in [0.5, 0.6) is 5.75 Å². The molecule has 1 saturated heterocycles. The average molecular weight is 345 g/mol. The van der Waals surface area contributed by atoms with E-state index in [0.717, 1.165) is 38.2 Å². The number of aryl methyl sites for hydroxylation is 2. The zero-order valence-corrected chi connectivity index (χ0v) is 15.3. The smallest absolute Gasteiger partial charge is 0.255 e. The predicted octanol–water partition coefficient (Wildman–Crippen LogP) is 3.44. The highest BCUT2D eigenvalue weighted by molar-refractivity contribution is 5.35. The third kappa shape index (κ3) is 5.03. The molecule has 2 heterocycles. The molecule has 0 unspecified atom stereocenters. The molecule has 0 saturated carbocycles. The van der Waals surface area contributed by atoms with Gasteiger partial charge in [0.15, 0.2) is 5.82 Å². The summed E-state index contributed by atoms with van der Waals surface area (Å²) < 4.78 is 16.8. The van der Waals surface area contributed by atoms with Crippen molar-refractivity contribution in [3.8, 4) is 5.75 Å². The maximum Gasteiger partial charge on any atom is 0.255 e. The van der Waals surface area contributed by atoms with E-state index in [1.807, 2.05) is 6.07 Å². The Kier molecular flexibility index (Phi) is 6.04. The Labute approximate surface area is 149 Å². The maximum absolute atomic E-state index is 5.87. The molecular weight excluding hydrogens is 318 g/mol. The van der Waals surface area contributed by atoms with Crippen LogP contribution in [0, 0.1) is 13.8 Å². The van der Waals surface area contributed by atoms with Gasteiger partial charge in [-0.1, -0.05) is 22.9 Å². The summed E-state index contributed by atoms with van der Waals surface area (Å²) in [6.07, 6.45) is 2.95. The van der Waals surface area contributed by atoms with Crippen molar-refractivity contribution in [3.05, 3.63) is 41.0 Å². The molecule has 6 nitrogen and oxygen atoms in total. The SMILES string of the molecule is Cc1ccc(OCCCN(C)Cc2noc([C@@H]3CCCO3)n2)c(C)c1. The first-order chi connectivity index (χ1) is 12.1. The minimum atomic E-state index is -0.0160. The van der Waals surface area contributed by atoms with Crippen LogP contribution in [0.2, 0.25) is 0 Å². The standard InChI is InChI=1S/C19H27N3O3/c1-14-7-8-16(15(2)12-14)23-11-5-9-22(3)13-18-20-19(25-21-18)17-6-4-10-24-17/h7-8,12,17H,4-6,9-11,13H2,1-3H3/t17-/m0/s1. The lowest BCUT2D eigenvalue weighted by molar-refractivity contribution is 0.0835. The van der Waals surface area contributed by atoms with Gasteiger partial charge < -0.3 is 14.0 Å². The summed E-state index contributed by atoms with van der Waals surface area (Å²) in [5.41, 5.74) is 2.44. The van der Waals surface area contributed by atoms with Crippen molar-refractivity contribution in [2.45, 2.75) is 45.8 Å². The second-order valence-electron chi connectivity index (χ2n) is 6.76. The highest BCUT2D eigenvalue weighted by Crippen LogP contribution is 2.27. The normalized spacial score (nSPS) is 17.4. The predicted molar refractivity (Wildman–Crippen MR) is 94.6 cm³/mol. The van der Waals surface area contributed by atoms with Crippen LogP contribution in [-0.4, -0.2) is 41.8 Å². The molecule has 2 aromatic rings. The van der Waals surface area contributed by atoms with Crippen molar-refractivity contribution >= 4 is 0 Å². The lowest BCUT2D eigenvalue weighted by Crippen LogP contribution is -2.21. The molecule has 0 spiro atoms. The first-order valence-electron chi connectivity index (χ1n) is 8.94. The van der Waals surface area contributed by atoms with Crippen LogP contribution in [0.4, 0.5) is 0 Å². The third-order valence-corrected chi connectivity index (χ3v) is 4.37. The van der Waals surface area contributed by atoms with Crippen molar-refractivity contribution < 1.29 is 14.0 Å². The fourth-order valence-corrected chi connectivity index (χ4v) is 3.03.